The number of rotatable bonds is 8. The molecule has 2 aromatic carbocycles. The van der Waals surface area contributed by atoms with E-state index in [-0.39, 0.29) is 17.7 Å². The smallest absolute Gasteiger partial charge is 0.305 e. The third kappa shape index (κ3) is 4.45. The third-order valence-electron chi connectivity index (χ3n) is 6.45. The summed E-state index contributed by atoms with van der Waals surface area (Å²) in [5.41, 5.74) is 3.69. The van der Waals surface area contributed by atoms with Crippen LogP contribution in [0.25, 0.3) is 20.9 Å². The van der Waals surface area contributed by atoms with Gasteiger partial charge in [-0.3, -0.25) is 4.79 Å². The standard InChI is InChI=1S/C27H26FN3O2S/c1-26(2,15-23(32)33)29-16-17-8-9-19(20(28)14-17)24-30-21-10-11-22(31-25(21)34-24)27(12-13-27)18-6-4-3-5-7-18/h3-11,14,29H,12-13,15-16H2,1-2H3,(H,32,33). The molecule has 2 N–H and O–H groups in total. The summed E-state index contributed by atoms with van der Waals surface area (Å²) in [4.78, 5) is 21.4. The van der Waals surface area contributed by atoms with Crippen LogP contribution >= 0.6 is 11.3 Å². The van der Waals surface area contributed by atoms with Gasteiger partial charge in [0.25, 0.3) is 0 Å². The van der Waals surface area contributed by atoms with E-state index >= 15 is 4.39 Å². The molecule has 0 aliphatic heterocycles. The highest BCUT2D eigenvalue weighted by Crippen LogP contribution is 2.53. The number of carboxylic acids is 1. The van der Waals surface area contributed by atoms with Gasteiger partial charge in [-0.25, -0.2) is 14.4 Å². The van der Waals surface area contributed by atoms with Crippen LogP contribution in [0.1, 0.15) is 49.9 Å². The number of hydrogen-bond acceptors (Lipinski definition) is 5. The zero-order valence-electron chi connectivity index (χ0n) is 19.1. The van der Waals surface area contributed by atoms with Crippen molar-refractivity contribution in [2.24, 2.45) is 0 Å². The highest BCUT2D eigenvalue weighted by atomic mass is 32.1. The first kappa shape index (κ1) is 22.6. The lowest BCUT2D eigenvalue weighted by Crippen LogP contribution is -2.40. The number of fused-ring (bicyclic) bond motifs is 1. The number of halogens is 1. The van der Waals surface area contributed by atoms with Crippen molar-refractivity contribution in [1.82, 2.24) is 15.3 Å². The van der Waals surface area contributed by atoms with Crippen molar-refractivity contribution in [2.75, 3.05) is 0 Å². The Labute approximate surface area is 201 Å². The summed E-state index contributed by atoms with van der Waals surface area (Å²) < 4.78 is 15.0. The normalized spacial score (nSPS) is 14.9. The van der Waals surface area contributed by atoms with E-state index in [0.29, 0.717) is 17.1 Å². The molecule has 0 saturated heterocycles. The number of carbonyl (C=O) groups is 1. The molecule has 0 spiro atoms. The number of thiazole rings is 1. The van der Waals surface area contributed by atoms with Gasteiger partial charge in [0.05, 0.1) is 12.1 Å². The van der Waals surface area contributed by atoms with Gasteiger partial charge in [0, 0.05) is 23.1 Å². The van der Waals surface area contributed by atoms with Crippen molar-refractivity contribution in [3.63, 3.8) is 0 Å². The fourth-order valence-electron chi connectivity index (χ4n) is 4.40. The lowest BCUT2D eigenvalue weighted by molar-refractivity contribution is -0.138. The molecule has 5 rings (SSSR count). The Hall–Kier alpha value is -3.16. The molecule has 0 atom stereocenters. The summed E-state index contributed by atoms with van der Waals surface area (Å²) in [6.07, 6.45) is 2.14. The second-order valence-corrected chi connectivity index (χ2v) is 10.6. The topological polar surface area (TPSA) is 75.1 Å². The number of aliphatic carboxylic acids is 1. The van der Waals surface area contributed by atoms with E-state index < -0.39 is 11.5 Å². The molecule has 4 aromatic rings. The first-order valence-corrected chi connectivity index (χ1v) is 12.2. The second-order valence-electron chi connectivity index (χ2n) is 9.61. The minimum absolute atomic E-state index is 0.0141. The summed E-state index contributed by atoms with van der Waals surface area (Å²) in [7, 11) is 0. The Balaban J connectivity index is 1.38. The molecule has 34 heavy (non-hydrogen) atoms. The van der Waals surface area contributed by atoms with Crippen LogP contribution in [0.4, 0.5) is 4.39 Å². The molecule has 0 radical (unpaired) electrons. The molecule has 2 heterocycles. The van der Waals surface area contributed by atoms with Gasteiger partial charge in [0.1, 0.15) is 21.2 Å². The molecule has 1 saturated carbocycles. The van der Waals surface area contributed by atoms with Crippen molar-refractivity contribution in [3.05, 3.63) is 83.3 Å². The van der Waals surface area contributed by atoms with Gasteiger partial charge in [-0.05, 0) is 62.1 Å². The zero-order valence-corrected chi connectivity index (χ0v) is 20.0. The lowest BCUT2D eigenvalue weighted by Gasteiger charge is -2.24. The molecule has 1 aliphatic carbocycles. The first-order valence-electron chi connectivity index (χ1n) is 11.4. The number of carboxylic acid groups (broad SMARTS) is 1. The number of pyridine rings is 1. The van der Waals surface area contributed by atoms with Crippen LogP contribution in [0, 0.1) is 5.82 Å². The van der Waals surface area contributed by atoms with Gasteiger partial charge >= 0.3 is 5.97 Å². The molecular weight excluding hydrogens is 449 g/mol. The Morgan fingerprint density at radius 1 is 1.12 bits per heavy atom. The number of aromatic nitrogens is 2. The van der Waals surface area contributed by atoms with E-state index in [4.69, 9.17) is 10.1 Å². The van der Waals surface area contributed by atoms with E-state index in [1.165, 1.54) is 23.0 Å². The molecule has 2 aromatic heterocycles. The Morgan fingerprint density at radius 2 is 1.88 bits per heavy atom. The minimum atomic E-state index is -0.872. The molecule has 7 heteroatoms. The van der Waals surface area contributed by atoms with Gasteiger partial charge in [-0.1, -0.05) is 47.7 Å². The third-order valence-corrected chi connectivity index (χ3v) is 7.45. The number of nitrogens with zero attached hydrogens (tertiary/aromatic N) is 2. The van der Waals surface area contributed by atoms with Gasteiger partial charge in [-0.15, -0.1) is 0 Å². The average molecular weight is 476 g/mol. The summed E-state index contributed by atoms with van der Waals surface area (Å²) in [5, 5.41) is 12.8. The molecular formula is C27H26FN3O2S. The van der Waals surface area contributed by atoms with E-state index in [1.54, 1.807) is 6.07 Å². The predicted octanol–water partition coefficient (Wildman–Crippen LogP) is 5.92. The number of nitrogens with one attached hydrogen (secondary N) is 1. The molecule has 1 aliphatic rings. The fraction of sp³-hybridized carbons (Fsp3) is 0.296. The molecule has 5 nitrogen and oxygen atoms in total. The number of hydrogen-bond donors (Lipinski definition) is 2. The Bertz CT molecular complexity index is 1360. The van der Waals surface area contributed by atoms with Crippen LogP contribution in [0.3, 0.4) is 0 Å². The van der Waals surface area contributed by atoms with Crippen LogP contribution < -0.4 is 5.32 Å². The van der Waals surface area contributed by atoms with Gasteiger partial charge in [0.15, 0.2) is 0 Å². The molecule has 0 unspecified atom stereocenters. The van der Waals surface area contributed by atoms with Crippen LogP contribution in [-0.2, 0) is 16.8 Å². The maximum absolute atomic E-state index is 15.0. The number of benzene rings is 2. The summed E-state index contributed by atoms with van der Waals surface area (Å²) in [5.74, 6) is -1.22. The SMILES string of the molecule is CC(C)(CC(=O)O)NCc1ccc(-c2nc3ccc(C4(c5ccccc5)CC4)nc3s2)c(F)c1. The molecule has 174 valence electrons. The zero-order chi connectivity index (χ0) is 23.9. The van der Waals surface area contributed by atoms with Crippen LogP contribution in [0.2, 0.25) is 0 Å². The quantitative estimate of drug-likeness (QED) is 0.331. The van der Waals surface area contributed by atoms with E-state index in [9.17, 15) is 4.79 Å². The first-order chi connectivity index (χ1) is 16.3. The van der Waals surface area contributed by atoms with Gasteiger partial charge in [-0.2, -0.15) is 0 Å². The summed E-state index contributed by atoms with van der Waals surface area (Å²) in [6.45, 7) is 4.01. The largest absolute Gasteiger partial charge is 0.481 e. The summed E-state index contributed by atoms with van der Waals surface area (Å²) >= 11 is 1.40. The van der Waals surface area contributed by atoms with Crippen molar-refractivity contribution < 1.29 is 14.3 Å². The lowest BCUT2D eigenvalue weighted by atomic mass is 9.92. The van der Waals surface area contributed by atoms with Gasteiger partial charge < -0.3 is 10.4 Å². The maximum atomic E-state index is 15.0. The van der Waals surface area contributed by atoms with Crippen LogP contribution in [-0.4, -0.2) is 26.6 Å². The monoisotopic (exact) mass is 475 g/mol. The highest BCUT2D eigenvalue weighted by molar-refractivity contribution is 7.21. The van der Waals surface area contributed by atoms with E-state index in [2.05, 4.69) is 40.6 Å². The minimum Gasteiger partial charge on any atom is -0.481 e. The van der Waals surface area contributed by atoms with Crippen molar-refractivity contribution in [3.8, 4) is 10.6 Å². The Morgan fingerprint density at radius 3 is 2.56 bits per heavy atom. The molecule has 0 bridgehead atoms. The van der Waals surface area contributed by atoms with Gasteiger partial charge in [0.2, 0.25) is 0 Å². The maximum Gasteiger partial charge on any atom is 0.305 e. The average Bonchev–Trinajstić information content (AvgIpc) is 3.50. The van der Waals surface area contributed by atoms with Crippen LogP contribution in [0.5, 0.6) is 0 Å². The predicted molar refractivity (Wildman–Crippen MR) is 132 cm³/mol. The highest BCUT2D eigenvalue weighted by Gasteiger charge is 2.47. The molecule has 1 fully saturated rings. The Kier molecular flexibility index (Phi) is 5.70. The van der Waals surface area contributed by atoms with E-state index in [0.717, 1.165) is 34.4 Å². The van der Waals surface area contributed by atoms with Crippen molar-refractivity contribution in [2.45, 2.75) is 50.6 Å². The van der Waals surface area contributed by atoms with Crippen molar-refractivity contribution >= 4 is 27.7 Å². The van der Waals surface area contributed by atoms with Crippen molar-refractivity contribution in [1.29, 1.82) is 0 Å². The summed E-state index contributed by atoms with van der Waals surface area (Å²) in [6, 6.07) is 19.6. The fourth-order valence-corrected chi connectivity index (χ4v) is 5.36. The second kappa shape index (κ2) is 8.56. The van der Waals surface area contributed by atoms with Crippen LogP contribution in [0.15, 0.2) is 60.7 Å². The van der Waals surface area contributed by atoms with E-state index in [1.807, 2.05) is 32.0 Å². The molecule has 0 amide bonds.